The van der Waals surface area contributed by atoms with Crippen LogP contribution in [0.3, 0.4) is 0 Å². The van der Waals surface area contributed by atoms with Crippen LogP contribution in [0.5, 0.6) is 5.75 Å². The predicted octanol–water partition coefficient (Wildman–Crippen LogP) is 4.15. The number of nitrogens with one attached hydrogen (secondary N) is 1. The van der Waals surface area contributed by atoms with Crippen molar-refractivity contribution >= 4 is 28.2 Å². The number of primary amides is 1. The molecule has 0 bridgehead atoms. The van der Waals surface area contributed by atoms with Gasteiger partial charge in [-0.15, -0.1) is 10.2 Å². The van der Waals surface area contributed by atoms with E-state index >= 15 is 0 Å². The number of anilines is 2. The van der Waals surface area contributed by atoms with Gasteiger partial charge in [0.15, 0.2) is 5.82 Å². The third-order valence-corrected chi connectivity index (χ3v) is 4.46. The number of hydrogen-bond donors (Lipinski definition) is 2. The monoisotopic (exact) mass is 370 g/mol. The number of nitrogens with two attached hydrogens (primary N) is 1. The maximum atomic E-state index is 11.7. The van der Waals surface area contributed by atoms with Crippen molar-refractivity contribution in [1.29, 1.82) is 0 Å². The van der Waals surface area contributed by atoms with E-state index in [1.165, 1.54) is 7.11 Å². The van der Waals surface area contributed by atoms with Gasteiger partial charge in [-0.25, -0.2) is 0 Å². The number of fused-ring (bicyclic) bond motifs is 1. The average Bonchev–Trinajstić information content (AvgIpc) is 2.74. The Kier molecular flexibility index (Phi) is 4.60. The Bertz CT molecular complexity index is 1160. The number of carbonyl (C=O) groups is 1. The Morgan fingerprint density at radius 2 is 1.64 bits per heavy atom. The summed E-state index contributed by atoms with van der Waals surface area (Å²) in [5.41, 5.74) is 8.23. The molecule has 0 aliphatic carbocycles. The number of ether oxygens (including phenoxy) is 1. The van der Waals surface area contributed by atoms with Crippen LogP contribution in [0.4, 0.5) is 11.5 Å². The minimum absolute atomic E-state index is 0.297. The van der Waals surface area contributed by atoms with Crippen LogP contribution in [0, 0.1) is 0 Å². The molecule has 0 radical (unpaired) electrons. The third kappa shape index (κ3) is 3.23. The van der Waals surface area contributed by atoms with Crippen LogP contribution < -0.4 is 15.8 Å². The summed E-state index contributed by atoms with van der Waals surface area (Å²) in [6.45, 7) is 0. The van der Waals surface area contributed by atoms with Gasteiger partial charge in [0.05, 0.1) is 12.7 Å². The van der Waals surface area contributed by atoms with Crippen molar-refractivity contribution in [3.8, 4) is 17.0 Å². The van der Waals surface area contributed by atoms with Gasteiger partial charge in [-0.2, -0.15) is 0 Å². The fourth-order valence-corrected chi connectivity index (χ4v) is 3.12. The standard InChI is InChI=1S/C22H18N4O2/c1-28-19-12-11-15(13-18(19)21(23)27)24-22-17-10-6-5-9-16(17)20(25-26-22)14-7-3-2-4-8-14/h2-13H,1H3,(H2,23,27)(H,24,26). The van der Waals surface area contributed by atoms with Crippen LogP contribution in [0.2, 0.25) is 0 Å². The summed E-state index contributed by atoms with van der Waals surface area (Å²) in [5.74, 6) is 0.458. The molecule has 0 unspecified atom stereocenters. The van der Waals surface area contributed by atoms with Crippen LogP contribution in [-0.4, -0.2) is 23.2 Å². The minimum atomic E-state index is -0.559. The molecule has 4 rings (SSSR count). The average molecular weight is 370 g/mol. The molecule has 0 atom stereocenters. The molecule has 0 aliphatic rings. The van der Waals surface area contributed by atoms with Crippen molar-refractivity contribution in [2.75, 3.05) is 12.4 Å². The van der Waals surface area contributed by atoms with E-state index < -0.39 is 5.91 Å². The highest BCUT2D eigenvalue weighted by Crippen LogP contribution is 2.31. The van der Waals surface area contributed by atoms with Gasteiger partial charge in [0.1, 0.15) is 11.4 Å². The molecule has 28 heavy (non-hydrogen) atoms. The number of nitrogens with zero attached hydrogens (tertiary/aromatic N) is 2. The number of methoxy groups -OCH3 is 1. The molecule has 138 valence electrons. The van der Waals surface area contributed by atoms with Crippen LogP contribution >= 0.6 is 0 Å². The smallest absolute Gasteiger partial charge is 0.252 e. The third-order valence-electron chi connectivity index (χ3n) is 4.46. The summed E-state index contributed by atoms with van der Waals surface area (Å²) in [6.07, 6.45) is 0. The first-order chi connectivity index (χ1) is 13.7. The molecule has 0 saturated heterocycles. The first-order valence-electron chi connectivity index (χ1n) is 8.73. The number of aromatic nitrogens is 2. The number of rotatable bonds is 5. The Labute approximate surface area is 162 Å². The molecule has 1 amide bonds. The van der Waals surface area contributed by atoms with Crippen LogP contribution in [0.15, 0.2) is 72.8 Å². The van der Waals surface area contributed by atoms with Crippen LogP contribution in [0.1, 0.15) is 10.4 Å². The van der Waals surface area contributed by atoms with Crippen molar-refractivity contribution in [1.82, 2.24) is 10.2 Å². The molecular formula is C22H18N4O2. The zero-order valence-electron chi connectivity index (χ0n) is 15.2. The van der Waals surface area contributed by atoms with E-state index in [1.54, 1.807) is 18.2 Å². The van der Waals surface area contributed by atoms with Gasteiger partial charge in [0.2, 0.25) is 0 Å². The highest BCUT2D eigenvalue weighted by molar-refractivity contribution is 6.01. The van der Waals surface area contributed by atoms with E-state index in [2.05, 4.69) is 15.5 Å². The summed E-state index contributed by atoms with van der Waals surface area (Å²) in [5, 5.41) is 14.0. The van der Waals surface area contributed by atoms with Crippen LogP contribution in [0.25, 0.3) is 22.0 Å². The summed E-state index contributed by atoms with van der Waals surface area (Å²) >= 11 is 0. The molecule has 0 spiro atoms. The lowest BCUT2D eigenvalue weighted by atomic mass is 10.0. The van der Waals surface area contributed by atoms with E-state index in [0.29, 0.717) is 22.8 Å². The first-order valence-corrected chi connectivity index (χ1v) is 8.73. The van der Waals surface area contributed by atoms with Gasteiger partial charge in [-0.1, -0.05) is 54.6 Å². The van der Waals surface area contributed by atoms with E-state index in [9.17, 15) is 4.79 Å². The maximum absolute atomic E-state index is 11.7. The Balaban J connectivity index is 1.79. The highest BCUT2D eigenvalue weighted by atomic mass is 16.5. The molecule has 4 aromatic rings. The second-order valence-electron chi connectivity index (χ2n) is 6.21. The van der Waals surface area contributed by atoms with E-state index in [1.807, 2.05) is 54.6 Å². The van der Waals surface area contributed by atoms with E-state index in [-0.39, 0.29) is 0 Å². The minimum Gasteiger partial charge on any atom is -0.496 e. The predicted molar refractivity (Wildman–Crippen MR) is 110 cm³/mol. The quantitative estimate of drug-likeness (QED) is 0.551. The summed E-state index contributed by atoms with van der Waals surface area (Å²) in [6, 6.07) is 23.0. The van der Waals surface area contributed by atoms with Gasteiger partial charge in [0.25, 0.3) is 5.91 Å². The topological polar surface area (TPSA) is 90.1 Å². The van der Waals surface area contributed by atoms with Crippen molar-refractivity contribution in [2.24, 2.45) is 5.73 Å². The van der Waals surface area contributed by atoms with Gasteiger partial charge in [0, 0.05) is 22.0 Å². The Morgan fingerprint density at radius 1 is 0.929 bits per heavy atom. The largest absolute Gasteiger partial charge is 0.496 e. The van der Waals surface area contributed by atoms with Gasteiger partial charge < -0.3 is 15.8 Å². The summed E-state index contributed by atoms with van der Waals surface area (Å²) in [7, 11) is 1.50. The molecule has 3 N–H and O–H groups in total. The van der Waals surface area contributed by atoms with Crippen molar-refractivity contribution in [3.05, 3.63) is 78.4 Å². The number of hydrogen-bond acceptors (Lipinski definition) is 5. The highest BCUT2D eigenvalue weighted by Gasteiger charge is 2.13. The van der Waals surface area contributed by atoms with Gasteiger partial charge >= 0.3 is 0 Å². The van der Waals surface area contributed by atoms with Crippen LogP contribution in [-0.2, 0) is 0 Å². The molecular weight excluding hydrogens is 352 g/mol. The lowest BCUT2D eigenvalue weighted by molar-refractivity contribution is 0.0997. The van der Waals surface area contributed by atoms with Crippen molar-refractivity contribution in [2.45, 2.75) is 0 Å². The summed E-state index contributed by atoms with van der Waals surface area (Å²) in [4.78, 5) is 11.7. The molecule has 0 aliphatic heterocycles. The SMILES string of the molecule is COc1ccc(Nc2nnc(-c3ccccc3)c3ccccc23)cc1C(N)=O. The first kappa shape index (κ1) is 17.5. The van der Waals surface area contributed by atoms with Crippen molar-refractivity contribution in [3.63, 3.8) is 0 Å². The van der Waals surface area contributed by atoms with Gasteiger partial charge in [-0.05, 0) is 18.2 Å². The second-order valence-corrected chi connectivity index (χ2v) is 6.21. The fraction of sp³-hybridized carbons (Fsp3) is 0.0455. The zero-order chi connectivity index (χ0) is 19.5. The molecule has 6 nitrogen and oxygen atoms in total. The van der Waals surface area contributed by atoms with Crippen molar-refractivity contribution < 1.29 is 9.53 Å². The molecule has 1 heterocycles. The Morgan fingerprint density at radius 3 is 2.36 bits per heavy atom. The Hall–Kier alpha value is -3.93. The van der Waals surface area contributed by atoms with E-state index in [0.717, 1.165) is 22.0 Å². The number of amides is 1. The second kappa shape index (κ2) is 7.36. The molecule has 3 aromatic carbocycles. The molecule has 0 saturated carbocycles. The number of benzene rings is 3. The van der Waals surface area contributed by atoms with E-state index in [4.69, 9.17) is 10.5 Å². The molecule has 6 heteroatoms. The normalized spacial score (nSPS) is 10.6. The zero-order valence-corrected chi connectivity index (χ0v) is 15.2. The lowest BCUT2D eigenvalue weighted by Crippen LogP contribution is -2.13. The maximum Gasteiger partial charge on any atom is 0.252 e. The molecule has 0 fully saturated rings. The molecule has 1 aromatic heterocycles. The number of carbonyl (C=O) groups excluding carboxylic acids is 1. The summed E-state index contributed by atoms with van der Waals surface area (Å²) < 4.78 is 5.19. The fourth-order valence-electron chi connectivity index (χ4n) is 3.12. The lowest BCUT2D eigenvalue weighted by Gasteiger charge is -2.13. The van der Waals surface area contributed by atoms with Gasteiger partial charge in [-0.3, -0.25) is 4.79 Å².